The Morgan fingerprint density at radius 1 is 1.00 bits per heavy atom. The first kappa shape index (κ1) is 17.8. The summed E-state index contributed by atoms with van der Waals surface area (Å²) in [5.74, 6) is -1.01. The molecule has 0 amide bonds. The van der Waals surface area contributed by atoms with E-state index in [4.69, 9.17) is 9.47 Å². The fourth-order valence-electron chi connectivity index (χ4n) is 2.74. The number of rotatable bonds is 4. The standard InChI is InChI=1S/C19H22O5/c1-11(2)9-10-16-17(22)19(24-13(4)21)15-8-6-5-7-14(15)18(16)23-12(3)20/h5-9,18-19,22H,10H2,1-4H3. The van der Waals surface area contributed by atoms with E-state index in [1.165, 1.54) is 13.8 Å². The zero-order chi connectivity index (χ0) is 17.9. The highest BCUT2D eigenvalue weighted by atomic mass is 16.6. The minimum atomic E-state index is -0.883. The van der Waals surface area contributed by atoms with E-state index >= 15 is 0 Å². The molecule has 0 aliphatic heterocycles. The molecular formula is C19H22O5. The molecule has 24 heavy (non-hydrogen) atoms. The van der Waals surface area contributed by atoms with Crippen LogP contribution in [0.5, 0.6) is 0 Å². The monoisotopic (exact) mass is 330 g/mol. The molecule has 0 bridgehead atoms. The molecule has 0 heterocycles. The molecule has 2 unspecified atom stereocenters. The molecule has 1 aromatic rings. The maximum Gasteiger partial charge on any atom is 0.303 e. The number of allylic oxidation sites excluding steroid dienone is 2. The van der Waals surface area contributed by atoms with Crippen LogP contribution in [-0.4, -0.2) is 17.0 Å². The average molecular weight is 330 g/mol. The van der Waals surface area contributed by atoms with E-state index in [0.29, 0.717) is 23.1 Å². The summed E-state index contributed by atoms with van der Waals surface area (Å²) >= 11 is 0. The average Bonchev–Trinajstić information content (AvgIpc) is 2.49. The Kier molecular flexibility index (Phi) is 5.44. The predicted octanol–water partition coefficient (Wildman–Crippen LogP) is 4.08. The highest BCUT2D eigenvalue weighted by Gasteiger charge is 2.37. The molecule has 0 saturated carbocycles. The van der Waals surface area contributed by atoms with Crippen LogP contribution >= 0.6 is 0 Å². The van der Waals surface area contributed by atoms with E-state index in [0.717, 1.165) is 5.57 Å². The van der Waals surface area contributed by atoms with Crippen LogP contribution < -0.4 is 0 Å². The van der Waals surface area contributed by atoms with Gasteiger partial charge in [0, 0.05) is 30.5 Å². The zero-order valence-electron chi connectivity index (χ0n) is 14.3. The summed E-state index contributed by atoms with van der Waals surface area (Å²) in [6.45, 7) is 6.51. The summed E-state index contributed by atoms with van der Waals surface area (Å²) in [4.78, 5) is 23.0. The number of carbonyl (C=O) groups is 2. The summed E-state index contributed by atoms with van der Waals surface area (Å²) in [5.41, 5.74) is 2.93. The molecule has 128 valence electrons. The third-order valence-electron chi connectivity index (χ3n) is 3.75. The topological polar surface area (TPSA) is 72.8 Å². The van der Waals surface area contributed by atoms with Crippen LogP contribution in [0.2, 0.25) is 0 Å². The number of fused-ring (bicyclic) bond motifs is 1. The highest BCUT2D eigenvalue weighted by molar-refractivity contribution is 5.68. The summed E-state index contributed by atoms with van der Waals surface area (Å²) in [7, 11) is 0. The molecule has 0 fully saturated rings. The third kappa shape index (κ3) is 3.85. The van der Waals surface area contributed by atoms with Crippen molar-refractivity contribution in [2.45, 2.75) is 46.3 Å². The normalized spacial score (nSPS) is 19.3. The molecule has 1 aliphatic carbocycles. The first-order valence-corrected chi connectivity index (χ1v) is 7.79. The van der Waals surface area contributed by atoms with Gasteiger partial charge in [-0.05, 0) is 20.3 Å². The lowest BCUT2D eigenvalue weighted by Crippen LogP contribution is -2.25. The number of ether oxygens (including phenoxy) is 2. The minimum Gasteiger partial charge on any atom is -0.508 e. The van der Waals surface area contributed by atoms with Crippen molar-refractivity contribution in [2.24, 2.45) is 0 Å². The maximum atomic E-state index is 11.5. The zero-order valence-corrected chi connectivity index (χ0v) is 14.3. The molecule has 2 atom stereocenters. The second kappa shape index (κ2) is 7.34. The molecule has 0 spiro atoms. The lowest BCUT2D eigenvalue weighted by molar-refractivity contribution is -0.149. The van der Waals surface area contributed by atoms with Crippen LogP contribution in [-0.2, 0) is 19.1 Å². The van der Waals surface area contributed by atoms with E-state index < -0.39 is 24.1 Å². The van der Waals surface area contributed by atoms with Crippen LogP contribution in [0.4, 0.5) is 0 Å². The summed E-state index contributed by atoms with van der Waals surface area (Å²) in [5, 5.41) is 10.7. The van der Waals surface area contributed by atoms with Crippen molar-refractivity contribution in [3.8, 4) is 0 Å². The Balaban J connectivity index is 2.58. The quantitative estimate of drug-likeness (QED) is 0.665. The van der Waals surface area contributed by atoms with Gasteiger partial charge < -0.3 is 14.6 Å². The summed E-state index contributed by atoms with van der Waals surface area (Å²) in [6, 6.07) is 7.18. The van der Waals surface area contributed by atoms with Crippen LogP contribution in [0.15, 0.2) is 47.2 Å². The van der Waals surface area contributed by atoms with Gasteiger partial charge in [0.05, 0.1) is 0 Å². The van der Waals surface area contributed by atoms with Crippen LogP contribution in [0, 0.1) is 0 Å². The van der Waals surface area contributed by atoms with Crippen molar-refractivity contribution >= 4 is 11.9 Å². The summed E-state index contributed by atoms with van der Waals surface area (Å²) < 4.78 is 10.8. The number of hydrogen-bond acceptors (Lipinski definition) is 5. The lowest BCUT2D eigenvalue weighted by atomic mass is 9.84. The van der Waals surface area contributed by atoms with Gasteiger partial charge in [-0.1, -0.05) is 35.9 Å². The van der Waals surface area contributed by atoms with Gasteiger partial charge in [0.1, 0.15) is 5.76 Å². The molecule has 0 aromatic heterocycles. The van der Waals surface area contributed by atoms with Crippen LogP contribution in [0.1, 0.15) is 57.5 Å². The van der Waals surface area contributed by atoms with Crippen molar-refractivity contribution in [2.75, 3.05) is 0 Å². The SMILES string of the molecule is CC(=O)OC1C(O)=C(CC=C(C)C)C(OC(C)=O)c2ccccc21. The number of esters is 2. The van der Waals surface area contributed by atoms with Gasteiger partial charge in [0.15, 0.2) is 12.2 Å². The lowest BCUT2D eigenvalue weighted by Gasteiger charge is -2.32. The second-order valence-corrected chi connectivity index (χ2v) is 6.00. The van der Waals surface area contributed by atoms with Crippen LogP contribution in [0.25, 0.3) is 0 Å². The van der Waals surface area contributed by atoms with Gasteiger partial charge >= 0.3 is 11.9 Å². The summed E-state index contributed by atoms with van der Waals surface area (Å²) in [6.07, 6.45) is 0.756. The first-order valence-electron chi connectivity index (χ1n) is 7.79. The molecule has 2 rings (SSSR count). The van der Waals surface area contributed by atoms with Crippen molar-refractivity contribution in [3.63, 3.8) is 0 Å². The maximum absolute atomic E-state index is 11.5. The largest absolute Gasteiger partial charge is 0.508 e. The van der Waals surface area contributed by atoms with Gasteiger partial charge in [-0.25, -0.2) is 0 Å². The molecule has 1 N–H and O–H groups in total. The minimum absolute atomic E-state index is 0.0762. The van der Waals surface area contributed by atoms with Crippen molar-refractivity contribution in [1.29, 1.82) is 0 Å². The molecule has 5 heteroatoms. The fraction of sp³-hybridized carbons (Fsp3) is 0.368. The molecule has 1 aromatic carbocycles. The number of benzene rings is 1. The molecule has 0 radical (unpaired) electrons. The van der Waals surface area contributed by atoms with Gasteiger partial charge in [-0.15, -0.1) is 0 Å². The Hall–Kier alpha value is -2.56. The Morgan fingerprint density at radius 2 is 1.50 bits per heavy atom. The number of carbonyl (C=O) groups excluding carboxylic acids is 2. The Bertz CT molecular complexity index is 710. The second-order valence-electron chi connectivity index (χ2n) is 6.00. The molecule has 1 aliphatic rings. The van der Waals surface area contributed by atoms with E-state index in [2.05, 4.69) is 0 Å². The van der Waals surface area contributed by atoms with Gasteiger partial charge in [-0.2, -0.15) is 0 Å². The molecular weight excluding hydrogens is 308 g/mol. The number of hydrogen-bond donors (Lipinski definition) is 1. The highest BCUT2D eigenvalue weighted by Crippen LogP contribution is 2.44. The van der Waals surface area contributed by atoms with Gasteiger partial charge in [0.2, 0.25) is 0 Å². The van der Waals surface area contributed by atoms with E-state index in [1.807, 2.05) is 32.1 Å². The van der Waals surface area contributed by atoms with Crippen molar-refractivity contribution in [1.82, 2.24) is 0 Å². The van der Waals surface area contributed by atoms with E-state index in [1.54, 1.807) is 12.1 Å². The van der Waals surface area contributed by atoms with Gasteiger partial charge in [-0.3, -0.25) is 9.59 Å². The number of aliphatic hydroxyl groups excluding tert-OH is 1. The van der Waals surface area contributed by atoms with E-state index in [-0.39, 0.29) is 5.76 Å². The Labute approximate surface area is 141 Å². The van der Waals surface area contributed by atoms with Crippen LogP contribution in [0.3, 0.4) is 0 Å². The smallest absolute Gasteiger partial charge is 0.303 e. The van der Waals surface area contributed by atoms with Crippen molar-refractivity contribution < 1.29 is 24.2 Å². The Morgan fingerprint density at radius 3 is 2.00 bits per heavy atom. The van der Waals surface area contributed by atoms with Crippen molar-refractivity contribution in [3.05, 3.63) is 58.4 Å². The first-order chi connectivity index (χ1) is 11.3. The third-order valence-corrected chi connectivity index (χ3v) is 3.75. The van der Waals surface area contributed by atoms with E-state index in [9.17, 15) is 14.7 Å². The van der Waals surface area contributed by atoms with Gasteiger partial charge in [0.25, 0.3) is 0 Å². The fourth-order valence-corrected chi connectivity index (χ4v) is 2.74. The molecule has 0 saturated heterocycles. The predicted molar refractivity (Wildman–Crippen MR) is 89.2 cm³/mol. The number of aliphatic hydroxyl groups is 1. The molecule has 5 nitrogen and oxygen atoms in total.